The lowest BCUT2D eigenvalue weighted by molar-refractivity contribution is 0.0503. The van der Waals surface area contributed by atoms with Gasteiger partial charge in [-0.2, -0.15) is 11.3 Å². The molecule has 160 valence electrons. The summed E-state index contributed by atoms with van der Waals surface area (Å²) in [7, 11) is 0. The van der Waals surface area contributed by atoms with E-state index in [0.29, 0.717) is 12.1 Å². The predicted molar refractivity (Wildman–Crippen MR) is 122 cm³/mol. The van der Waals surface area contributed by atoms with Gasteiger partial charge in [-0.15, -0.1) is 11.3 Å². The third kappa shape index (κ3) is 6.63. The lowest BCUT2D eigenvalue weighted by Crippen LogP contribution is -2.35. The summed E-state index contributed by atoms with van der Waals surface area (Å²) in [4.78, 5) is 17.1. The Morgan fingerprint density at radius 3 is 2.57 bits per heavy atom. The number of hydrogen-bond acceptors (Lipinski definition) is 6. The van der Waals surface area contributed by atoms with Gasteiger partial charge in [0.05, 0.1) is 11.7 Å². The molecule has 1 aromatic carbocycles. The van der Waals surface area contributed by atoms with Gasteiger partial charge < -0.3 is 10.1 Å². The topological polar surface area (TPSA) is 101 Å². The number of hydrogen-bond donors (Lipinski definition) is 3. The van der Waals surface area contributed by atoms with Crippen LogP contribution in [0.5, 0.6) is 0 Å². The maximum atomic E-state index is 12.4. The van der Waals surface area contributed by atoms with Crippen LogP contribution in [-0.4, -0.2) is 25.4 Å². The molecule has 2 aromatic heterocycles. The number of anilines is 1. The first-order valence-corrected chi connectivity index (χ1v) is 12.1. The summed E-state index contributed by atoms with van der Waals surface area (Å²) >= 11 is 0.967. The Morgan fingerprint density at radius 1 is 1.23 bits per heavy atom. The number of aromatic nitrogens is 1. The molecule has 0 saturated carbocycles. The zero-order valence-corrected chi connectivity index (χ0v) is 19.2. The Labute approximate surface area is 185 Å². The van der Waals surface area contributed by atoms with Gasteiger partial charge in [-0.1, -0.05) is 12.1 Å². The second-order valence-electron chi connectivity index (χ2n) is 7.53. The van der Waals surface area contributed by atoms with Crippen LogP contribution in [0.1, 0.15) is 37.4 Å². The van der Waals surface area contributed by atoms with Gasteiger partial charge in [0.2, 0.25) is 0 Å². The number of nitrogens with one attached hydrogen (secondary N) is 2. The number of thiophene rings is 1. The fourth-order valence-corrected chi connectivity index (χ4v) is 4.55. The van der Waals surface area contributed by atoms with Gasteiger partial charge in [-0.25, -0.2) is 14.0 Å². The van der Waals surface area contributed by atoms with Crippen LogP contribution in [0.2, 0.25) is 0 Å². The van der Waals surface area contributed by atoms with E-state index in [1.54, 1.807) is 23.5 Å². The summed E-state index contributed by atoms with van der Waals surface area (Å²) in [5.74, 6) is 0. The summed E-state index contributed by atoms with van der Waals surface area (Å²) < 4.78 is 27.7. The fraction of sp³-hybridized carbons (Fsp3) is 0.300. The van der Waals surface area contributed by atoms with E-state index >= 15 is 0 Å². The van der Waals surface area contributed by atoms with Crippen LogP contribution in [0.3, 0.4) is 0 Å². The van der Waals surface area contributed by atoms with Crippen LogP contribution in [-0.2, 0) is 22.4 Å². The standard InChI is InChI=1S/C20H23N3O4S3/c1-20(2,3)27-19(24)22-16(10-13-4-6-15(7-5-13)23-30(25)26)18-21-17(12-29-18)14-8-9-28-11-14/h4-9,11-12,16,23H,10H2,1-3H3,(H,22,24)(H,25,26)/t16-/m0/s1. The van der Waals surface area contributed by atoms with E-state index in [2.05, 4.69) is 10.0 Å². The Bertz CT molecular complexity index is 995. The van der Waals surface area contributed by atoms with Crippen LogP contribution in [0, 0.1) is 0 Å². The molecule has 3 N–H and O–H groups in total. The van der Waals surface area contributed by atoms with E-state index < -0.39 is 23.0 Å². The Kier molecular flexibility index (Phi) is 7.24. The van der Waals surface area contributed by atoms with Crippen molar-refractivity contribution in [3.8, 4) is 11.3 Å². The van der Waals surface area contributed by atoms with E-state index in [4.69, 9.17) is 14.3 Å². The summed E-state index contributed by atoms with van der Waals surface area (Å²) in [6, 6.07) is 8.75. The Balaban J connectivity index is 1.80. The van der Waals surface area contributed by atoms with Gasteiger partial charge in [0, 0.05) is 22.0 Å². The number of carbonyl (C=O) groups excluding carboxylic acids is 1. The van der Waals surface area contributed by atoms with Crippen molar-refractivity contribution in [3.63, 3.8) is 0 Å². The largest absolute Gasteiger partial charge is 0.444 e. The molecule has 7 nitrogen and oxygen atoms in total. The first-order chi connectivity index (χ1) is 14.2. The van der Waals surface area contributed by atoms with Crippen molar-refractivity contribution in [3.05, 3.63) is 57.0 Å². The average Bonchev–Trinajstić information content (AvgIpc) is 3.32. The lowest BCUT2D eigenvalue weighted by Gasteiger charge is -2.23. The molecular weight excluding hydrogens is 442 g/mol. The Hall–Kier alpha value is -2.27. The van der Waals surface area contributed by atoms with Crippen molar-refractivity contribution in [2.45, 2.75) is 38.8 Å². The van der Waals surface area contributed by atoms with Gasteiger partial charge in [-0.05, 0) is 56.3 Å². The second kappa shape index (κ2) is 9.69. The van der Waals surface area contributed by atoms with Crippen LogP contribution < -0.4 is 10.0 Å². The molecule has 1 amide bonds. The number of thiazole rings is 1. The summed E-state index contributed by atoms with van der Waals surface area (Å²) in [6.45, 7) is 5.45. The minimum atomic E-state index is -2.12. The molecule has 3 rings (SSSR count). The number of carbonyl (C=O) groups is 1. The molecule has 30 heavy (non-hydrogen) atoms. The maximum Gasteiger partial charge on any atom is 0.408 e. The van der Waals surface area contributed by atoms with Crippen molar-refractivity contribution in [1.29, 1.82) is 0 Å². The number of benzene rings is 1. The number of rotatable bonds is 7. The monoisotopic (exact) mass is 465 g/mol. The molecule has 0 bridgehead atoms. The van der Waals surface area contributed by atoms with Gasteiger partial charge in [0.25, 0.3) is 11.3 Å². The third-order valence-corrected chi connectivity index (χ3v) is 5.98. The average molecular weight is 466 g/mol. The molecule has 0 radical (unpaired) electrons. The van der Waals surface area contributed by atoms with Crippen molar-refractivity contribution in [2.75, 3.05) is 4.72 Å². The highest BCUT2D eigenvalue weighted by molar-refractivity contribution is 7.80. The smallest absolute Gasteiger partial charge is 0.408 e. The fourth-order valence-electron chi connectivity index (χ4n) is 2.69. The van der Waals surface area contributed by atoms with E-state index in [1.807, 2.05) is 55.1 Å². The zero-order chi connectivity index (χ0) is 21.7. The van der Waals surface area contributed by atoms with Crippen LogP contribution in [0.15, 0.2) is 46.5 Å². The molecule has 10 heteroatoms. The summed E-state index contributed by atoms with van der Waals surface area (Å²) in [6.07, 6.45) is -0.00745. The van der Waals surface area contributed by atoms with Crippen molar-refractivity contribution in [2.24, 2.45) is 0 Å². The normalized spacial score (nSPS) is 13.5. The van der Waals surface area contributed by atoms with Crippen molar-refractivity contribution >= 4 is 45.7 Å². The van der Waals surface area contributed by atoms with Crippen LogP contribution in [0.25, 0.3) is 11.3 Å². The maximum absolute atomic E-state index is 12.4. The molecule has 0 fully saturated rings. The number of alkyl carbamates (subject to hydrolysis) is 1. The minimum Gasteiger partial charge on any atom is -0.444 e. The number of amides is 1. The molecule has 3 aromatic rings. The van der Waals surface area contributed by atoms with E-state index in [-0.39, 0.29) is 6.04 Å². The highest BCUT2D eigenvalue weighted by atomic mass is 32.2. The Morgan fingerprint density at radius 2 is 1.97 bits per heavy atom. The van der Waals surface area contributed by atoms with Gasteiger partial charge in [0.15, 0.2) is 0 Å². The number of ether oxygens (including phenoxy) is 1. The van der Waals surface area contributed by atoms with E-state index in [1.165, 1.54) is 11.3 Å². The summed E-state index contributed by atoms with van der Waals surface area (Å²) in [5.41, 5.74) is 2.79. The second-order valence-corrected chi connectivity index (χ2v) is 9.91. The SMILES string of the molecule is CC(C)(C)OC(=O)N[C@@H](Cc1ccc(NS(=O)O)cc1)c1nc(-c2ccsc2)cs1. The van der Waals surface area contributed by atoms with Crippen LogP contribution >= 0.6 is 22.7 Å². The van der Waals surface area contributed by atoms with Crippen LogP contribution in [0.4, 0.5) is 10.5 Å². The van der Waals surface area contributed by atoms with Gasteiger partial charge >= 0.3 is 6.09 Å². The van der Waals surface area contributed by atoms with Gasteiger partial charge in [-0.3, -0.25) is 9.27 Å². The molecule has 0 spiro atoms. The van der Waals surface area contributed by atoms with E-state index in [9.17, 15) is 9.00 Å². The molecule has 0 saturated heterocycles. The molecule has 0 aliphatic carbocycles. The lowest BCUT2D eigenvalue weighted by atomic mass is 10.1. The molecular formula is C20H23N3O4S3. The molecule has 1 unspecified atom stereocenters. The molecule has 2 atom stereocenters. The molecule has 0 aliphatic heterocycles. The van der Waals surface area contributed by atoms with Gasteiger partial charge in [0.1, 0.15) is 10.6 Å². The predicted octanol–water partition coefficient (Wildman–Crippen LogP) is 5.23. The zero-order valence-electron chi connectivity index (χ0n) is 16.7. The minimum absolute atomic E-state index is 0.372. The highest BCUT2D eigenvalue weighted by Crippen LogP contribution is 2.29. The van der Waals surface area contributed by atoms with Crippen molar-refractivity contribution in [1.82, 2.24) is 10.3 Å². The van der Waals surface area contributed by atoms with Crippen molar-refractivity contribution < 1.29 is 18.3 Å². The molecule has 2 heterocycles. The quantitative estimate of drug-likeness (QED) is 0.415. The first kappa shape index (κ1) is 22.4. The summed E-state index contributed by atoms with van der Waals surface area (Å²) in [5, 5.41) is 9.72. The molecule has 0 aliphatic rings. The third-order valence-electron chi connectivity index (χ3n) is 3.93. The first-order valence-electron chi connectivity index (χ1n) is 9.13. The van der Waals surface area contributed by atoms with E-state index in [0.717, 1.165) is 21.8 Å². The number of nitrogens with zero attached hydrogens (tertiary/aromatic N) is 1. The highest BCUT2D eigenvalue weighted by Gasteiger charge is 2.23.